The fourth-order valence-corrected chi connectivity index (χ4v) is 2.94. The summed E-state index contributed by atoms with van der Waals surface area (Å²) < 4.78 is 2.12. The third-order valence-electron chi connectivity index (χ3n) is 4.44. The predicted octanol–water partition coefficient (Wildman–Crippen LogP) is 3.02. The monoisotopic (exact) mass is 289 g/mol. The number of fused-ring (bicyclic) bond motifs is 1. The number of aliphatic hydroxyl groups is 1. The summed E-state index contributed by atoms with van der Waals surface area (Å²) >= 11 is 0. The molecule has 1 aromatic heterocycles. The van der Waals surface area contributed by atoms with E-state index in [0.717, 1.165) is 29.7 Å². The van der Waals surface area contributed by atoms with Crippen molar-refractivity contribution in [1.82, 2.24) is 14.9 Å². The van der Waals surface area contributed by atoms with Crippen LogP contribution in [0.25, 0.3) is 11.0 Å². The maximum atomic E-state index is 10.2. The zero-order chi connectivity index (χ0) is 15.4. The molecule has 0 fully saturated rings. The number of rotatable bonds is 7. The van der Waals surface area contributed by atoms with Crippen LogP contribution >= 0.6 is 0 Å². The second kappa shape index (κ2) is 7.05. The van der Waals surface area contributed by atoms with Gasteiger partial charge >= 0.3 is 0 Å². The van der Waals surface area contributed by atoms with Gasteiger partial charge in [-0.15, -0.1) is 0 Å². The molecule has 0 saturated heterocycles. The van der Waals surface area contributed by atoms with E-state index in [1.54, 1.807) is 0 Å². The molecule has 2 N–H and O–H groups in total. The highest BCUT2D eigenvalue weighted by Gasteiger charge is 2.18. The normalized spacial score (nSPS) is 14.8. The molecule has 0 aliphatic heterocycles. The number of imidazole rings is 1. The lowest BCUT2D eigenvalue weighted by Crippen LogP contribution is -2.34. The Morgan fingerprint density at radius 2 is 1.90 bits per heavy atom. The quantitative estimate of drug-likeness (QED) is 0.824. The van der Waals surface area contributed by atoms with Crippen LogP contribution in [0.4, 0.5) is 0 Å². The van der Waals surface area contributed by atoms with Gasteiger partial charge in [-0.05, 0) is 25.0 Å². The van der Waals surface area contributed by atoms with Crippen LogP contribution in [0.1, 0.15) is 45.5 Å². The van der Waals surface area contributed by atoms with E-state index >= 15 is 0 Å². The summed E-state index contributed by atoms with van der Waals surface area (Å²) in [4.78, 5) is 4.69. The number of benzene rings is 1. The third-order valence-corrected chi connectivity index (χ3v) is 4.44. The molecule has 0 bridgehead atoms. The first-order valence-corrected chi connectivity index (χ1v) is 7.91. The number of para-hydroxylation sites is 2. The fraction of sp³-hybridized carbons (Fsp3) is 0.588. The van der Waals surface area contributed by atoms with Crippen molar-refractivity contribution in [3.8, 4) is 0 Å². The zero-order valence-electron chi connectivity index (χ0n) is 13.5. The van der Waals surface area contributed by atoms with Crippen LogP contribution in [-0.4, -0.2) is 27.3 Å². The van der Waals surface area contributed by atoms with Crippen LogP contribution in [0.15, 0.2) is 24.3 Å². The lowest BCUT2D eigenvalue weighted by atomic mass is 9.96. The van der Waals surface area contributed by atoms with E-state index in [1.807, 2.05) is 25.2 Å². The SMILES string of the molecule is CCC(CC)C(O)CNC(C)c1nc2ccccc2n1C. The molecular formula is C17H27N3O. The van der Waals surface area contributed by atoms with Crippen LogP contribution in [0.2, 0.25) is 0 Å². The molecule has 21 heavy (non-hydrogen) atoms. The van der Waals surface area contributed by atoms with E-state index in [0.29, 0.717) is 12.5 Å². The number of nitrogens with one attached hydrogen (secondary N) is 1. The van der Waals surface area contributed by atoms with Crippen molar-refractivity contribution in [3.63, 3.8) is 0 Å². The van der Waals surface area contributed by atoms with E-state index in [1.165, 1.54) is 0 Å². The lowest BCUT2D eigenvalue weighted by molar-refractivity contribution is 0.0985. The molecule has 4 heteroatoms. The Hall–Kier alpha value is -1.39. The summed E-state index contributed by atoms with van der Waals surface area (Å²) in [7, 11) is 2.04. The molecule has 0 spiro atoms. The Bertz CT molecular complexity index is 574. The average Bonchev–Trinajstić information content (AvgIpc) is 2.84. The van der Waals surface area contributed by atoms with Gasteiger partial charge in [-0.2, -0.15) is 0 Å². The van der Waals surface area contributed by atoms with Gasteiger partial charge < -0.3 is 15.0 Å². The molecule has 0 saturated carbocycles. The van der Waals surface area contributed by atoms with Crippen molar-refractivity contribution < 1.29 is 5.11 Å². The Balaban J connectivity index is 2.05. The van der Waals surface area contributed by atoms with Crippen molar-refractivity contribution in [2.75, 3.05) is 6.54 Å². The van der Waals surface area contributed by atoms with Crippen molar-refractivity contribution in [1.29, 1.82) is 0 Å². The molecule has 1 heterocycles. The highest BCUT2D eigenvalue weighted by Crippen LogP contribution is 2.19. The highest BCUT2D eigenvalue weighted by atomic mass is 16.3. The molecule has 2 unspecified atom stereocenters. The molecule has 0 amide bonds. The molecule has 4 nitrogen and oxygen atoms in total. The van der Waals surface area contributed by atoms with Crippen molar-refractivity contribution in [2.45, 2.75) is 45.8 Å². The van der Waals surface area contributed by atoms with Crippen molar-refractivity contribution in [3.05, 3.63) is 30.1 Å². The number of hydrogen-bond acceptors (Lipinski definition) is 3. The molecule has 0 aliphatic rings. The summed E-state index contributed by atoms with van der Waals surface area (Å²) in [5.41, 5.74) is 2.16. The summed E-state index contributed by atoms with van der Waals surface area (Å²) in [6.45, 7) is 6.97. The van der Waals surface area contributed by atoms with Gasteiger partial charge in [0.1, 0.15) is 5.82 Å². The van der Waals surface area contributed by atoms with Crippen LogP contribution < -0.4 is 5.32 Å². The van der Waals surface area contributed by atoms with Crippen LogP contribution in [0.5, 0.6) is 0 Å². The van der Waals surface area contributed by atoms with Crippen molar-refractivity contribution in [2.24, 2.45) is 13.0 Å². The maximum Gasteiger partial charge on any atom is 0.126 e. The van der Waals surface area contributed by atoms with Gasteiger partial charge in [-0.3, -0.25) is 0 Å². The predicted molar refractivity (Wildman–Crippen MR) is 87.2 cm³/mol. The van der Waals surface area contributed by atoms with Gasteiger partial charge in [0.05, 0.1) is 23.2 Å². The second-order valence-corrected chi connectivity index (χ2v) is 5.79. The van der Waals surface area contributed by atoms with E-state index in [9.17, 15) is 5.11 Å². The van der Waals surface area contributed by atoms with E-state index in [-0.39, 0.29) is 12.1 Å². The van der Waals surface area contributed by atoms with Crippen LogP contribution in [-0.2, 0) is 7.05 Å². The van der Waals surface area contributed by atoms with Gasteiger partial charge in [-0.25, -0.2) is 4.98 Å². The largest absolute Gasteiger partial charge is 0.392 e. The number of hydrogen-bond donors (Lipinski definition) is 2. The first-order chi connectivity index (χ1) is 10.1. The lowest BCUT2D eigenvalue weighted by Gasteiger charge is -2.22. The molecule has 2 aromatic rings. The van der Waals surface area contributed by atoms with Gasteiger partial charge in [0, 0.05) is 13.6 Å². The smallest absolute Gasteiger partial charge is 0.126 e. The Kier molecular flexibility index (Phi) is 5.37. The molecule has 0 radical (unpaired) electrons. The fourth-order valence-electron chi connectivity index (χ4n) is 2.94. The van der Waals surface area contributed by atoms with E-state index in [4.69, 9.17) is 4.98 Å². The Morgan fingerprint density at radius 3 is 2.52 bits per heavy atom. The molecule has 1 aromatic carbocycles. The van der Waals surface area contributed by atoms with Crippen molar-refractivity contribution >= 4 is 11.0 Å². The van der Waals surface area contributed by atoms with Gasteiger partial charge in [-0.1, -0.05) is 38.8 Å². The number of nitrogens with zero attached hydrogens (tertiary/aromatic N) is 2. The summed E-state index contributed by atoms with van der Waals surface area (Å²) in [6, 6.07) is 8.27. The summed E-state index contributed by atoms with van der Waals surface area (Å²) in [5, 5.41) is 13.6. The number of aliphatic hydroxyl groups excluding tert-OH is 1. The minimum absolute atomic E-state index is 0.117. The Labute approximate surface area is 127 Å². The third kappa shape index (κ3) is 3.44. The van der Waals surface area contributed by atoms with Gasteiger partial charge in [0.15, 0.2) is 0 Å². The first-order valence-electron chi connectivity index (χ1n) is 7.91. The highest BCUT2D eigenvalue weighted by molar-refractivity contribution is 5.75. The van der Waals surface area contributed by atoms with Gasteiger partial charge in [0.25, 0.3) is 0 Å². The molecule has 2 atom stereocenters. The van der Waals surface area contributed by atoms with E-state index < -0.39 is 0 Å². The minimum Gasteiger partial charge on any atom is -0.392 e. The number of aryl methyl sites for hydroxylation is 1. The average molecular weight is 289 g/mol. The summed E-state index contributed by atoms with van der Waals surface area (Å²) in [5.74, 6) is 1.37. The van der Waals surface area contributed by atoms with Crippen LogP contribution in [0.3, 0.4) is 0 Å². The molecular weight excluding hydrogens is 262 g/mol. The standard InChI is InChI=1S/C17H27N3O/c1-5-13(6-2)16(21)11-18-12(3)17-19-14-9-7-8-10-15(14)20(17)4/h7-10,12-13,16,18,21H,5-6,11H2,1-4H3. The number of aromatic nitrogens is 2. The zero-order valence-corrected chi connectivity index (χ0v) is 13.5. The summed E-state index contributed by atoms with van der Waals surface area (Å²) in [6.07, 6.45) is 1.73. The first kappa shape index (κ1) is 16.0. The second-order valence-electron chi connectivity index (χ2n) is 5.79. The Morgan fingerprint density at radius 1 is 1.24 bits per heavy atom. The van der Waals surface area contributed by atoms with E-state index in [2.05, 4.69) is 36.7 Å². The topological polar surface area (TPSA) is 50.1 Å². The molecule has 2 rings (SSSR count). The molecule has 116 valence electrons. The molecule has 0 aliphatic carbocycles. The maximum absolute atomic E-state index is 10.2. The van der Waals surface area contributed by atoms with Gasteiger partial charge in [0.2, 0.25) is 0 Å². The minimum atomic E-state index is -0.294. The van der Waals surface area contributed by atoms with Crippen LogP contribution in [0, 0.1) is 5.92 Å².